The van der Waals surface area contributed by atoms with Crippen molar-refractivity contribution in [2.75, 3.05) is 26.2 Å². The molecular formula is C18H20ClFN2OS. The van der Waals surface area contributed by atoms with Crippen LogP contribution in [0.2, 0.25) is 5.02 Å². The van der Waals surface area contributed by atoms with Gasteiger partial charge < -0.3 is 10.2 Å². The second kappa shape index (κ2) is 8.10. The molecule has 0 spiro atoms. The number of likely N-dealkylation sites (tertiary alicyclic amines) is 1. The average molecular weight is 367 g/mol. The van der Waals surface area contributed by atoms with Crippen molar-refractivity contribution in [3.05, 3.63) is 57.0 Å². The van der Waals surface area contributed by atoms with E-state index in [0.29, 0.717) is 18.0 Å². The number of nitrogens with zero attached hydrogens (tertiary/aromatic N) is 1. The van der Waals surface area contributed by atoms with E-state index < -0.39 is 5.82 Å². The molecule has 1 aliphatic rings. The zero-order valence-corrected chi connectivity index (χ0v) is 14.9. The molecule has 0 aliphatic carbocycles. The first-order chi connectivity index (χ1) is 11.6. The van der Waals surface area contributed by atoms with Crippen molar-refractivity contribution >= 4 is 28.8 Å². The molecule has 1 amide bonds. The van der Waals surface area contributed by atoms with Crippen LogP contribution in [0.3, 0.4) is 0 Å². The number of hydrogen-bond donors (Lipinski definition) is 1. The van der Waals surface area contributed by atoms with Gasteiger partial charge in [0.1, 0.15) is 5.82 Å². The fraction of sp³-hybridized carbons (Fsp3) is 0.389. The molecule has 128 valence electrons. The van der Waals surface area contributed by atoms with Crippen molar-refractivity contribution in [2.24, 2.45) is 0 Å². The van der Waals surface area contributed by atoms with Crippen LogP contribution in [-0.4, -0.2) is 37.0 Å². The Bertz CT molecular complexity index is 684. The fourth-order valence-electron chi connectivity index (χ4n) is 3.06. The lowest BCUT2D eigenvalue weighted by molar-refractivity contribution is 0.0946. The normalized spacial score (nSPS) is 16.2. The highest BCUT2D eigenvalue weighted by Gasteiger charge is 2.21. The second-order valence-electron chi connectivity index (χ2n) is 6.01. The van der Waals surface area contributed by atoms with Gasteiger partial charge in [0.05, 0.1) is 10.6 Å². The van der Waals surface area contributed by atoms with E-state index in [1.54, 1.807) is 0 Å². The maximum absolute atomic E-state index is 13.0. The smallest absolute Gasteiger partial charge is 0.252 e. The van der Waals surface area contributed by atoms with Crippen molar-refractivity contribution in [3.63, 3.8) is 0 Å². The van der Waals surface area contributed by atoms with Crippen LogP contribution in [0.15, 0.2) is 35.7 Å². The topological polar surface area (TPSA) is 32.3 Å². The Kier molecular flexibility index (Phi) is 5.87. The Labute approximate surface area is 150 Å². The summed E-state index contributed by atoms with van der Waals surface area (Å²) >= 11 is 7.74. The number of amides is 1. The molecule has 3 nitrogen and oxygen atoms in total. The number of halogens is 2. The molecular weight excluding hydrogens is 347 g/mol. The van der Waals surface area contributed by atoms with Crippen molar-refractivity contribution in [1.82, 2.24) is 10.2 Å². The minimum Gasteiger partial charge on any atom is -0.351 e. The van der Waals surface area contributed by atoms with E-state index in [1.165, 1.54) is 17.0 Å². The molecule has 1 aliphatic heterocycles. The third-order valence-electron chi connectivity index (χ3n) is 4.42. The Balaban J connectivity index is 1.41. The lowest BCUT2D eigenvalue weighted by Gasteiger charge is -2.31. The lowest BCUT2D eigenvalue weighted by atomic mass is 9.95. The van der Waals surface area contributed by atoms with Gasteiger partial charge in [-0.15, -0.1) is 11.3 Å². The number of piperidine rings is 1. The fourth-order valence-corrected chi connectivity index (χ4v) is 4.21. The number of nitrogens with one attached hydrogen (secondary N) is 1. The molecule has 6 heteroatoms. The van der Waals surface area contributed by atoms with Gasteiger partial charge in [0.2, 0.25) is 0 Å². The Morgan fingerprint density at radius 1 is 1.33 bits per heavy atom. The third-order valence-corrected chi connectivity index (χ3v) is 5.77. The standard InChI is InChI=1S/C18H20ClFN2OS/c19-16-12-14(20)3-4-15(16)18(23)21-7-10-22-8-5-13(6-9-22)17-2-1-11-24-17/h1-4,11-13H,5-10H2,(H,21,23). The van der Waals surface area contributed by atoms with E-state index >= 15 is 0 Å². The van der Waals surface area contributed by atoms with Crippen LogP contribution in [0.1, 0.15) is 34.0 Å². The SMILES string of the molecule is O=C(NCCN1CCC(c2cccs2)CC1)c1ccc(F)cc1Cl. The first-order valence-electron chi connectivity index (χ1n) is 8.12. The molecule has 0 atom stereocenters. The maximum Gasteiger partial charge on any atom is 0.252 e. The summed E-state index contributed by atoms with van der Waals surface area (Å²) in [6.45, 7) is 3.49. The zero-order chi connectivity index (χ0) is 16.9. The van der Waals surface area contributed by atoms with Crippen LogP contribution in [0, 0.1) is 5.82 Å². The monoisotopic (exact) mass is 366 g/mol. The van der Waals surface area contributed by atoms with Crippen LogP contribution >= 0.6 is 22.9 Å². The number of thiophene rings is 1. The first-order valence-corrected chi connectivity index (χ1v) is 9.38. The molecule has 1 saturated heterocycles. The van der Waals surface area contributed by atoms with Gasteiger partial charge >= 0.3 is 0 Å². The van der Waals surface area contributed by atoms with Gasteiger partial charge in [-0.25, -0.2) is 4.39 Å². The maximum atomic E-state index is 13.0. The molecule has 2 heterocycles. The minimum atomic E-state index is -0.440. The molecule has 2 aromatic rings. The largest absolute Gasteiger partial charge is 0.351 e. The van der Waals surface area contributed by atoms with Crippen LogP contribution < -0.4 is 5.32 Å². The van der Waals surface area contributed by atoms with Gasteiger partial charge in [0.15, 0.2) is 0 Å². The molecule has 24 heavy (non-hydrogen) atoms. The third kappa shape index (κ3) is 4.35. The molecule has 1 aromatic heterocycles. The molecule has 1 N–H and O–H groups in total. The second-order valence-corrected chi connectivity index (χ2v) is 7.40. The predicted octanol–water partition coefficient (Wildman–Crippen LogP) is 4.15. The van der Waals surface area contributed by atoms with Crippen LogP contribution in [0.5, 0.6) is 0 Å². The van der Waals surface area contributed by atoms with Gasteiger partial charge in [-0.3, -0.25) is 4.79 Å². The summed E-state index contributed by atoms with van der Waals surface area (Å²) in [5.74, 6) is -0.0208. The molecule has 3 rings (SSSR count). The Morgan fingerprint density at radius 2 is 2.12 bits per heavy atom. The number of carbonyl (C=O) groups is 1. The van der Waals surface area contributed by atoms with Crippen molar-refractivity contribution < 1.29 is 9.18 Å². The average Bonchev–Trinajstić information content (AvgIpc) is 3.10. The highest BCUT2D eigenvalue weighted by molar-refractivity contribution is 7.10. The minimum absolute atomic E-state index is 0.143. The van der Waals surface area contributed by atoms with Crippen LogP contribution in [-0.2, 0) is 0 Å². The van der Waals surface area contributed by atoms with E-state index in [2.05, 4.69) is 27.7 Å². The molecule has 0 saturated carbocycles. The van der Waals surface area contributed by atoms with Gasteiger partial charge in [-0.2, -0.15) is 0 Å². The summed E-state index contributed by atoms with van der Waals surface area (Å²) in [5, 5.41) is 5.14. The number of rotatable bonds is 5. The van der Waals surface area contributed by atoms with Crippen LogP contribution in [0.4, 0.5) is 4.39 Å². The van der Waals surface area contributed by atoms with Crippen molar-refractivity contribution in [2.45, 2.75) is 18.8 Å². The van der Waals surface area contributed by atoms with Crippen LogP contribution in [0.25, 0.3) is 0 Å². The molecule has 1 fully saturated rings. The molecule has 0 bridgehead atoms. The number of benzene rings is 1. The lowest BCUT2D eigenvalue weighted by Crippen LogP contribution is -2.39. The summed E-state index contributed by atoms with van der Waals surface area (Å²) in [6, 6.07) is 8.15. The summed E-state index contributed by atoms with van der Waals surface area (Å²) in [5.41, 5.74) is 0.314. The van der Waals surface area contributed by atoms with E-state index in [-0.39, 0.29) is 10.9 Å². The summed E-state index contributed by atoms with van der Waals surface area (Å²) < 4.78 is 13.0. The summed E-state index contributed by atoms with van der Waals surface area (Å²) in [4.78, 5) is 15.9. The van der Waals surface area contributed by atoms with Gasteiger partial charge in [-0.05, 0) is 61.5 Å². The number of carbonyl (C=O) groups excluding carboxylic acids is 1. The molecule has 0 radical (unpaired) electrons. The molecule has 0 unspecified atom stereocenters. The van der Waals surface area contributed by atoms with Crippen molar-refractivity contribution in [3.8, 4) is 0 Å². The van der Waals surface area contributed by atoms with Gasteiger partial charge in [0.25, 0.3) is 5.91 Å². The van der Waals surface area contributed by atoms with E-state index in [0.717, 1.165) is 38.5 Å². The zero-order valence-electron chi connectivity index (χ0n) is 13.3. The predicted molar refractivity (Wildman–Crippen MR) is 96.5 cm³/mol. The number of hydrogen-bond acceptors (Lipinski definition) is 3. The Hall–Kier alpha value is -1.43. The van der Waals surface area contributed by atoms with E-state index in [9.17, 15) is 9.18 Å². The molecule has 1 aromatic carbocycles. The van der Waals surface area contributed by atoms with Gasteiger partial charge in [-0.1, -0.05) is 17.7 Å². The van der Waals surface area contributed by atoms with E-state index in [4.69, 9.17) is 11.6 Å². The highest BCUT2D eigenvalue weighted by Crippen LogP contribution is 2.30. The first kappa shape index (κ1) is 17.4. The quantitative estimate of drug-likeness (QED) is 0.862. The highest BCUT2D eigenvalue weighted by atomic mass is 35.5. The van der Waals surface area contributed by atoms with Gasteiger partial charge in [0, 0.05) is 18.0 Å². The Morgan fingerprint density at radius 3 is 2.79 bits per heavy atom. The van der Waals surface area contributed by atoms with E-state index in [1.807, 2.05) is 11.3 Å². The summed E-state index contributed by atoms with van der Waals surface area (Å²) in [7, 11) is 0. The van der Waals surface area contributed by atoms with Crippen molar-refractivity contribution in [1.29, 1.82) is 0 Å². The summed E-state index contributed by atoms with van der Waals surface area (Å²) in [6.07, 6.45) is 2.33.